The number of rotatable bonds is 8. The van der Waals surface area contributed by atoms with Gasteiger partial charge in [-0.05, 0) is 93.1 Å². The number of benzene rings is 5. The van der Waals surface area contributed by atoms with E-state index >= 15 is 0 Å². The summed E-state index contributed by atoms with van der Waals surface area (Å²) in [4.78, 5) is 18.1. The van der Waals surface area contributed by atoms with Gasteiger partial charge in [0.15, 0.2) is 0 Å². The van der Waals surface area contributed by atoms with Crippen molar-refractivity contribution in [2.75, 3.05) is 0 Å². The van der Waals surface area contributed by atoms with E-state index < -0.39 is 0 Å². The van der Waals surface area contributed by atoms with Gasteiger partial charge in [-0.15, -0.1) is 0 Å². The number of aliphatic imine (C=N–C) groups is 3. The fraction of sp³-hybridized carbons (Fsp3) is 0.154. The molecule has 0 saturated carbocycles. The Kier molecular flexibility index (Phi) is 9.48. The molecule has 0 amide bonds. The summed E-state index contributed by atoms with van der Waals surface area (Å²) in [6, 6.07) is 37.8. The Balaban J connectivity index is 1.80. The molecule has 0 aliphatic rings. The number of hydrogen-bond donors (Lipinski definition) is 0. The van der Waals surface area contributed by atoms with E-state index in [4.69, 9.17) is 15.0 Å². The molecule has 3 nitrogen and oxygen atoms in total. The molecule has 214 valence electrons. The highest BCUT2D eigenvalue weighted by atomic mass is 32.2. The number of hydrogen-bond acceptors (Lipinski definition) is 4. The zero-order valence-corrected chi connectivity index (χ0v) is 26.5. The smallest absolute Gasteiger partial charge is 0.108 e. The molecule has 0 fully saturated rings. The SMILES string of the molecule is Cc1cccc(C)c1N=CC(=Nc1c(C)cccc1C)C(=Nc1c(C)cccc1C)c1ccccc1Sc1ccccc1. The van der Waals surface area contributed by atoms with Crippen LogP contribution in [0.5, 0.6) is 0 Å². The maximum absolute atomic E-state index is 5.42. The van der Waals surface area contributed by atoms with E-state index in [0.717, 1.165) is 66.6 Å². The lowest BCUT2D eigenvalue weighted by atomic mass is 10.0. The van der Waals surface area contributed by atoms with Crippen LogP contribution in [0, 0.1) is 41.5 Å². The van der Waals surface area contributed by atoms with Crippen LogP contribution in [0.4, 0.5) is 17.1 Å². The van der Waals surface area contributed by atoms with Crippen molar-refractivity contribution in [3.05, 3.63) is 148 Å². The van der Waals surface area contributed by atoms with E-state index in [9.17, 15) is 0 Å². The summed E-state index contributed by atoms with van der Waals surface area (Å²) in [5.74, 6) is 0. The summed E-state index contributed by atoms with van der Waals surface area (Å²) >= 11 is 1.73. The number of aryl methyl sites for hydroxylation is 6. The quantitative estimate of drug-likeness (QED) is 0.168. The highest BCUT2D eigenvalue weighted by molar-refractivity contribution is 7.99. The predicted octanol–water partition coefficient (Wildman–Crippen LogP) is 11.0. The average molecular weight is 580 g/mol. The largest absolute Gasteiger partial charge is 0.254 e. The van der Waals surface area contributed by atoms with Crippen LogP contribution in [0.3, 0.4) is 0 Å². The summed E-state index contributed by atoms with van der Waals surface area (Å²) < 4.78 is 0. The standard InChI is InChI=1S/C39H37N3S/c1-26-15-12-16-27(2)36(26)40-25-34(41-37-28(3)17-13-18-29(37)4)39(42-38-30(5)19-14-20-31(38)6)33-23-10-11-24-35(33)43-32-21-8-7-9-22-32/h7-25H,1-6H3. The minimum absolute atomic E-state index is 0.712. The Bertz CT molecular complexity index is 1790. The minimum atomic E-state index is 0.712. The van der Waals surface area contributed by atoms with E-state index in [1.54, 1.807) is 11.8 Å². The zero-order chi connectivity index (χ0) is 30.3. The van der Waals surface area contributed by atoms with E-state index in [0.29, 0.717) is 5.71 Å². The molecule has 0 heterocycles. The minimum Gasteiger partial charge on any atom is -0.254 e. The van der Waals surface area contributed by atoms with Gasteiger partial charge in [-0.3, -0.25) is 4.99 Å². The molecular formula is C39H37N3S. The van der Waals surface area contributed by atoms with E-state index in [-0.39, 0.29) is 0 Å². The maximum Gasteiger partial charge on any atom is 0.108 e. The van der Waals surface area contributed by atoms with Gasteiger partial charge in [0.1, 0.15) is 5.71 Å². The van der Waals surface area contributed by atoms with Gasteiger partial charge in [0, 0.05) is 15.4 Å². The molecule has 0 saturated heterocycles. The molecule has 5 rings (SSSR count). The second-order valence-corrected chi connectivity index (χ2v) is 12.0. The molecule has 4 heteroatoms. The van der Waals surface area contributed by atoms with Gasteiger partial charge >= 0.3 is 0 Å². The third kappa shape index (κ3) is 7.10. The summed E-state index contributed by atoms with van der Waals surface area (Å²) in [7, 11) is 0. The maximum atomic E-state index is 5.42. The van der Waals surface area contributed by atoms with Crippen LogP contribution in [0.1, 0.15) is 38.9 Å². The lowest BCUT2D eigenvalue weighted by Gasteiger charge is -2.15. The highest BCUT2D eigenvalue weighted by Crippen LogP contribution is 2.34. The topological polar surface area (TPSA) is 37.1 Å². The van der Waals surface area contributed by atoms with Crippen LogP contribution in [0.25, 0.3) is 0 Å². The Morgan fingerprint density at radius 1 is 0.488 bits per heavy atom. The monoisotopic (exact) mass is 579 g/mol. The summed E-state index contributed by atoms with van der Waals surface area (Å²) in [6.07, 6.45) is 1.90. The summed E-state index contributed by atoms with van der Waals surface area (Å²) in [6.45, 7) is 12.6. The molecule has 0 aromatic heterocycles. The van der Waals surface area contributed by atoms with Crippen LogP contribution in [-0.2, 0) is 0 Å². The van der Waals surface area contributed by atoms with Crippen LogP contribution in [0.2, 0.25) is 0 Å². The first-order valence-electron chi connectivity index (χ1n) is 14.5. The second kappa shape index (κ2) is 13.6. The Morgan fingerprint density at radius 3 is 1.51 bits per heavy atom. The Morgan fingerprint density at radius 2 is 0.953 bits per heavy atom. The van der Waals surface area contributed by atoms with Gasteiger partial charge in [-0.25, -0.2) is 9.98 Å². The summed E-state index contributed by atoms with van der Waals surface area (Å²) in [5.41, 5.74) is 12.0. The van der Waals surface area contributed by atoms with Crippen molar-refractivity contribution >= 4 is 46.5 Å². The van der Waals surface area contributed by atoms with Crippen LogP contribution < -0.4 is 0 Å². The van der Waals surface area contributed by atoms with Crippen molar-refractivity contribution in [2.24, 2.45) is 15.0 Å². The average Bonchev–Trinajstić information content (AvgIpc) is 2.99. The second-order valence-electron chi connectivity index (χ2n) is 10.8. The van der Waals surface area contributed by atoms with Gasteiger partial charge in [-0.2, -0.15) is 0 Å². The normalized spacial score (nSPS) is 12.2. The fourth-order valence-electron chi connectivity index (χ4n) is 5.10. The van der Waals surface area contributed by atoms with Crippen molar-refractivity contribution in [3.63, 3.8) is 0 Å². The first-order valence-corrected chi connectivity index (χ1v) is 15.4. The van der Waals surface area contributed by atoms with Gasteiger partial charge < -0.3 is 0 Å². The number of para-hydroxylation sites is 3. The Hall–Kier alpha value is -4.54. The third-order valence-electron chi connectivity index (χ3n) is 7.45. The highest BCUT2D eigenvalue weighted by Gasteiger charge is 2.18. The molecule has 0 radical (unpaired) electrons. The molecule has 0 aliphatic heterocycles. The summed E-state index contributed by atoms with van der Waals surface area (Å²) in [5, 5.41) is 0. The van der Waals surface area contributed by atoms with Crippen molar-refractivity contribution < 1.29 is 0 Å². The van der Waals surface area contributed by atoms with Crippen LogP contribution in [0.15, 0.2) is 134 Å². The van der Waals surface area contributed by atoms with Gasteiger partial charge in [0.05, 0.1) is 29.0 Å². The number of nitrogens with zero attached hydrogens (tertiary/aromatic N) is 3. The zero-order valence-electron chi connectivity index (χ0n) is 25.7. The molecule has 43 heavy (non-hydrogen) atoms. The van der Waals surface area contributed by atoms with Crippen molar-refractivity contribution in [1.82, 2.24) is 0 Å². The van der Waals surface area contributed by atoms with E-state index in [1.165, 1.54) is 4.90 Å². The molecule has 5 aromatic rings. The first kappa shape index (κ1) is 29.9. The predicted molar refractivity (Wildman–Crippen MR) is 186 cm³/mol. The van der Waals surface area contributed by atoms with E-state index in [1.807, 2.05) is 12.3 Å². The molecule has 0 spiro atoms. The first-order chi connectivity index (χ1) is 20.8. The van der Waals surface area contributed by atoms with Gasteiger partial charge in [0.25, 0.3) is 0 Å². The van der Waals surface area contributed by atoms with Crippen molar-refractivity contribution in [1.29, 1.82) is 0 Å². The molecule has 5 aromatic carbocycles. The van der Waals surface area contributed by atoms with Gasteiger partial charge in [0.2, 0.25) is 0 Å². The van der Waals surface area contributed by atoms with Crippen LogP contribution in [-0.4, -0.2) is 17.6 Å². The molecule has 0 bridgehead atoms. The van der Waals surface area contributed by atoms with E-state index in [2.05, 4.69) is 145 Å². The van der Waals surface area contributed by atoms with Crippen molar-refractivity contribution in [3.8, 4) is 0 Å². The lowest BCUT2D eigenvalue weighted by Crippen LogP contribution is -2.18. The molecule has 0 atom stereocenters. The molecule has 0 aliphatic carbocycles. The molecular weight excluding hydrogens is 543 g/mol. The molecule has 0 unspecified atom stereocenters. The van der Waals surface area contributed by atoms with Crippen molar-refractivity contribution in [2.45, 2.75) is 51.3 Å². The lowest BCUT2D eigenvalue weighted by molar-refractivity contribution is 1.31. The van der Waals surface area contributed by atoms with Crippen LogP contribution >= 0.6 is 11.8 Å². The fourth-order valence-corrected chi connectivity index (χ4v) is 6.06. The van der Waals surface area contributed by atoms with Gasteiger partial charge in [-0.1, -0.05) is 103 Å². The third-order valence-corrected chi connectivity index (χ3v) is 8.53. The Labute approximate surface area is 260 Å². The molecule has 0 N–H and O–H groups in total.